The van der Waals surface area contributed by atoms with E-state index in [1.807, 2.05) is 4.90 Å². The molecule has 6 heteroatoms. The van der Waals surface area contributed by atoms with Gasteiger partial charge in [-0.1, -0.05) is 12.1 Å². The molecule has 0 unspecified atom stereocenters. The average Bonchev–Trinajstić information content (AvgIpc) is 2.49. The van der Waals surface area contributed by atoms with Gasteiger partial charge < -0.3 is 14.8 Å². The van der Waals surface area contributed by atoms with Gasteiger partial charge in [-0.05, 0) is 19.1 Å². The number of para-hydroxylation sites is 1. The Bertz CT molecular complexity index is 498. The lowest BCUT2D eigenvalue weighted by Crippen LogP contribution is -2.41. The minimum atomic E-state index is -0.431. The van der Waals surface area contributed by atoms with Crippen LogP contribution in [-0.2, 0) is 14.3 Å². The van der Waals surface area contributed by atoms with Crippen molar-refractivity contribution in [1.29, 1.82) is 0 Å². The van der Waals surface area contributed by atoms with Crippen molar-refractivity contribution in [3.63, 3.8) is 0 Å². The van der Waals surface area contributed by atoms with Gasteiger partial charge in [0, 0.05) is 13.1 Å². The number of nitrogens with one attached hydrogen (secondary N) is 1. The van der Waals surface area contributed by atoms with Crippen LogP contribution >= 0.6 is 0 Å². The fraction of sp³-hybridized carbons (Fsp3) is 0.467. The Morgan fingerprint density at radius 1 is 1.29 bits per heavy atom. The van der Waals surface area contributed by atoms with E-state index in [0.29, 0.717) is 37.6 Å². The lowest BCUT2D eigenvalue weighted by molar-refractivity contribution is -0.118. The number of benzene rings is 1. The summed E-state index contributed by atoms with van der Waals surface area (Å²) in [6.45, 7) is 5.12. The molecule has 1 aliphatic heterocycles. The third-order valence-corrected chi connectivity index (χ3v) is 3.17. The van der Waals surface area contributed by atoms with Gasteiger partial charge in [0.25, 0.3) is 0 Å². The fourth-order valence-corrected chi connectivity index (χ4v) is 2.13. The van der Waals surface area contributed by atoms with Crippen molar-refractivity contribution in [2.24, 2.45) is 0 Å². The molecule has 0 atom stereocenters. The molecular formula is C15H20N2O4. The van der Waals surface area contributed by atoms with E-state index in [1.54, 1.807) is 31.2 Å². The molecule has 1 heterocycles. The third-order valence-electron chi connectivity index (χ3n) is 3.17. The number of morpholine rings is 1. The van der Waals surface area contributed by atoms with Crippen LogP contribution < -0.4 is 5.32 Å². The highest BCUT2D eigenvalue weighted by atomic mass is 16.5. The predicted octanol–water partition coefficient (Wildman–Crippen LogP) is 1.13. The molecule has 1 saturated heterocycles. The minimum Gasteiger partial charge on any atom is -0.462 e. The summed E-state index contributed by atoms with van der Waals surface area (Å²) >= 11 is 0. The number of hydrogen-bond acceptors (Lipinski definition) is 5. The van der Waals surface area contributed by atoms with Crippen molar-refractivity contribution in [1.82, 2.24) is 4.90 Å². The molecule has 0 bridgehead atoms. The zero-order valence-corrected chi connectivity index (χ0v) is 12.1. The molecule has 1 N–H and O–H groups in total. The highest BCUT2D eigenvalue weighted by molar-refractivity contribution is 6.01. The second-order valence-corrected chi connectivity index (χ2v) is 4.70. The smallest absolute Gasteiger partial charge is 0.340 e. The molecule has 0 aliphatic carbocycles. The zero-order chi connectivity index (χ0) is 15.1. The van der Waals surface area contributed by atoms with Gasteiger partial charge in [-0.2, -0.15) is 0 Å². The van der Waals surface area contributed by atoms with E-state index in [-0.39, 0.29) is 5.91 Å². The Kier molecular flexibility index (Phi) is 5.71. The number of anilines is 1. The molecule has 2 rings (SSSR count). The van der Waals surface area contributed by atoms with E-state index in [9.17, 15) is 9.59 Å². The standard InChI is InChI=1S/C15H20N2O4/c1-2-21-15(19)12-5-3-4-6-13(12)16-14(18)11-17-7-9-20-10-8-17/h3-6H,2,7-11H2,1H3,(H,16,18). The molecule has 6 nitrogen and oxygen atoms in total. The number of carbonyl (C=O) groups is 2. The summed E-state index contributed by atoms with van der Waals surface area (Å²) in [5.41, 5.74) is 0.851. The summed E-state index contributed by atoms with van der Waals surface area (Å²) < 4.78 is 10.2. The van der Waals surface area contributed by atoms with E-state index in [1.165, 1.54) is 0 Å². The van der Waals surface area contributed by atoms with Crippen molar-refractivity contribution in [2.75, 3.05) is 44.8 Å². The number of carbonyl (C=O) groups excluding carboxylic acids is 2. The molecular weight excluding hydrogens is 272 g/mol. The molecule has 21 heavy (non-hydrogen) atoms. The number of rotatable bonds is 5. The first-order valence-electron chi connectivity index (χ1n) is 7.07. The maximum Gasteiger partial charge on any atom is 0.340 e. The van der Waals surface area contributed by atoms with Crippen LogP contribution in [0.15, 0.2) is 24.3 Å². The van der Waals surface area contributed by atoms with E-state index < -0.39 is 5.97 Å². The van der Waals surface area contributed by atoms with Gasteiger partial charge in [0.1, 0.15) is 0 Å². The summed E-state index contributed by atoms with van der Waals surface area (Å²) in [6, 6.07) is 6.85. The SMILES string of the molecule is CCOC(=O)c1ccccc1NC(=O)CN1CCOCC1. The largest absolute Gasteiger partial charge is 0.462 e. The summed E-state index contributed by atoms with van der Waals surface area (Å²) in [6.07, 6.45) is 0. The van der Waals surface area contributed by atoms with Crippen LogP contribution in [0.3, 0.4) is 0 Å². The Balaban J connectivity index is 1.98. The highest BCUT2D eigenvalue weighted by Crippen LogP contribution is 2.16. The summed E-state index contributed by atoms with van der Waals surface area (Å²) in [4.78, 5) is 25.9. The lowest BCUT2D eigenvalue weighted by Gasteiger charge is -2.25. The van der Waals surface area contributed by atoms with E-state index in [0.717, 1.165) is 13.1 Å². The number of esters is 1. The second-order valence-electron chi connectivity index (χ2n) is 4.70. The predicted molar refractivity (Wildman–Crippen MR) is 78.3 cm³/mol. The number of hydrogen-bond donors (Lipinski definition) is 1. The normalized spacial score (nSPS) is 15.5. The van der Waals surface area contributed by atoms with Gasteiger partial charge in [-0.25, -0.2) is 4.79 Å². The van der Waals surface area contributed by atoms with Gasteiger partial charge in [0.05, 0.1) is 37.6 Å². The molecule has 1 amide bonds. The van der Waals surface area contributed by atoms with Crippen molar-refractivity contribution >= 4 is 17.6 Å². The first-order valence-corrected chi connectivity index (χ1v) is 7.07. The van der Waals surface area contributed by atoms with E-state index in [4.69, 9.17) is 9.47 Å². The number of ether oxygens (including phenoxy) is 2. The topological polar surface area (TPSA) is 67.9 Å². The Morgan fingerprint density at radius 2 is 2.00 bits per heavy atom. The maximum atomic E-state index is 12.1. The van der Waals surface area contributed by atoms with E-state index in [2.05, 4.69) is 5.32 Å². The Morgan fingerprint density at radius 3 is 2.71 bits per heavy atom. The molecule has 0 spiro atoms. The van der Waals surface area contributed by atoms with Crippen molar-refractivity contribution in [3.8, 4) is 0 Å². The van der Waals surface area contributed by atoms with Crippen LogP contribution in [0.5, 0.6) is 0 Å². The average molecular weight is 292 g/mol. The van der Waals surface area contributed by atoms with Gasteiger partial charge in [-0.3, -0.25) is 9.69 Å². The van der Waals surface area contributed by atoms with Crippen molar-refractivity contribution in [3.05, 3.63) is 29.8 Å². The monoisotopic (exact) mass is 292 g/mol. The van der Waals surface area contributed by atoms with Crippen molar-refractivity contribution in [2.45, 2.75) is 6.92 Å². The summed E-state index contributed by atoms with van der Waals surface area (Å²) in [5.74, 6) is -0.576. The van der Waals surface area contributed by atoms with Crippen LogP contribution in [0, 0.1) is 0 Å². The molecule has 1 aromatic carbocycles. The van der Waals surface area contributed by atoms with Crippen LogP contribution in [0.2, 0.25) is 0 Å². The molecule has 0 aromatic heterocycles. The first kappa shape index (κ1) is 15.5. The summed E-state index contributed by atoms with van der Waals surface area (Å²) in [7, 11) is 0. The molecule has 0 saturated carbocycles. The molecule has 0 radical (unpaired) electrons. The Hall–Kier alpha value is -1.92. The molecule has 1 fully saturated rings. The highest BCUT2D eigenvalue weighted by Gasteiger charge is 2.17. The first-order chi connectivity index (χ1) is 10.2. The van der Waals surface area contributed by atoms with Crippen LogP contribution in [-0.4, -0.2) is 56.2 Å². The molecule has 1 aromatic rings. The van der Waals surface area contributed by atoms with Crippen LogP contribution in [0.1, 0.15) is 17.3 Å². The minimum absolute atomic E-state index is 0.145. The van der Waals surface area contributed by atoms with Crippen LogP contribution in [0.25, 0.3) is 0 Å². The molecule has 114 valence electrons. The Labute approximate surface area is 124 Å². The zero-order valence-electron chi connectivity index (χ0n) is 12.1. The lowest BCUT2D eigenvalue weighted by atomic mass is 10.2. The number of amides is 1. The summed E-state index contributed by atoms with van der Waals surface area (Å²) in [5, 5.41) is 2.77. The molecule has 1 aliphatic rings. The fourth-order valence-electron chi connectivity index (χ4n) is 2.13. The quantitative estimate of drug-likeness (QED) is 0.824. The van der Waals surface area contributed by atoms with Crippen LogP contribution in [0.4, 0.5) is 5.69 Å². The second kappa shape index (κ2) is 7.75. The van der Waals surface area contributed by atoms with Crippen molar-refractivity contribution < 1.29 is 19.1 Å². The van der Waals surface area contributed by atoms with E-state index >= 15 is 0 Å². The van der Waals surface area contributed by atoms with Gasteiger partial charge >= 0.3 is 5.97 Å². The maximum absolute atomic E-state index is 12.1. The third kappa shape index (κ3) is 4.54. The number of nitrogens with zero attached hydrogens (tertiary/aromatic N) is 1. The van der Waals surface area contributed by atoms with Gasteiger partial charge in [0.15, 0.2) is 0 Å². The van der Waals surface area contributed by atoms with Gasteiger partial charge in [0.2, 0.25) is 5.91 Å². The van der Waals surface area contributed by atoms with Gasteiger partial charge in [-0.15, -0.1) is 0 Å².